The number of methoxy groups -OCH3 is 1. The minimum atomic E-state index is -1.36. The Kier molecular flexibility index (Phi) is 4.49. The van der Waals surface area contributed by atoms with Gasteiger partial charge in [-0.3, -0.25) is 4.79 Å². The Labute approximate surface area is 124 Å². The summed E-state index contributed by atoms with van der Waals surface area (Å²) in [5.74, 6) is -1.27. The second kappa shape index (κ2) is 6.31. The summed E-state index contributed by atoms with van der Waals surface area (Å²) >= 11 is 1.03. The maximum atomic E-state index is 11.6. The van der Waals surface area contributed by atoms with Crippen molar-refractivity contribution < 1.29 is 24.2 Å². The second-order valence-corrected chi connectivity index (χ2v) is 4.97. The molecule has 110 valence electrons. The molecule has 1 aliphatic rings. The first-order chi connectivity index (χ1) is 10.0. The molecule has 1 aliphatic heterocycles. The molecule has 0 bridgehead atoms. The van der Waals surface area contributed by atoms with Crippen LogP contribution < -0.4 is 20.3 Å². The summed E-state index contributed by atoms with van der Waals surface area (Å²) in [6.45, 7) is -0.629. The van der Waals surface area contributed by atoms with E-state index in [0.29, 0.717) is 16.2 Å². The molecule has 0 spiro atoms. The molecule has 0 saturated carbocycles. The van der Waals surface area contributed by atoms with Crippen LogP contribution in [0.4, 0.5) is 0 Å². The quantitative estimate of drug-likeness (QED) is 0.746. The molecule has 1 aromatic carbocycles. The van der Waals surface area contributed by atoms with Crippen molar-refractivity contribution in [2.45, 2.75) is 0 Å². The molecule has 7 nitrogen and oxygen atoms in total. The maximum absolute atomic E-state index is 11.6. The Morgan fingerprint density at radius 2 is 2.29 bits per heavy atom. The standard InChI is InChI=1S/C13H12N2O5S/c1-19-8-4-2-3-7(11(8)20-6-10(16)17)5-9-12(18)15-13(14)21-9/h2-5H,6H2,1H3,(H,16,17)(H2,14,15,18)/p-1/b9-5-. The van der Waals surface area contributed by atoms with Crippen molar-refractivity contribution in [1.82, 2.24) is 0 Å². The van der Waals surface area contributed by atoms with Gasteiger partial charge in [-0.15, -0.1) is 0 Å². The summed E-state index contributed by atoms with van der Waals surface area (Å²) in [5.41, 5.74) is 5.95. The van der Waals surface area contributed by atoms with Gasteiger partial charge in [0.25, 0.3) is 5.91 Å². The molecular weight excluding hydrogens is 296 g/mol. The van der Waals surface area contributed by atoms with Crippen LogP contribution in [0.25, 0.3) is 6.08 Å². The molecule has 1 amide bonds. The Bertz CT molecular complexity index is 654. The molecule has 2 N–H and O–H groups in total. The number of rotatable bonds is 5. The number of para-hydroxylation sites is 1. The van der Waals surface area contributed by atoms with E-state index in [-0.39, 0.29) is 10.9 Å². The smallest absolute Gasteiger partial charge is 0.286 e. The largest absolute Gasteiger partial charge is 0.546 e. The Balaban J connectivity index is 2.37. The molecule has 1 aromatic rings. The van der Waals surface area contributed by atoms with Crippen molar-refractivity contribution in [3.63, 3.8) is 0 Å². The zero-order chi connectivity index (χ0) is 15.4. The molecule has 8 heteroatoms. The number of nitrogens with two attached hydrogens (primary N) is 1. The number of aliphatic carboxylic acids is 1. The van der Waals surface area contributed by atoms with Crippen LogP contribution in [-0.2, 0) is 9.59 Å². The predicted octanol–water partition coefficient (Wildman–Crippen LogP) is -0.247. The number of aliphatic imine (C=N–C) groups is 1. The van der Waals surface area contributed by atoms with Crippen LogP contribution in [0.5, 0.6) is 11.5 Å². The number of amides is 1. The van der Waals surface area contributed by atoms with E-state index in [9.17, 15) is 14.7 Å². The Morgan fingerprint density at radius 3 is 2.86 bits per heavy atom. The Hall–Kier alpha value is -2.48. The van der Waals surface area contributed by atoms with E-state index in [1.165, 1.54) is 13.2 Å². The first kappa shape index (κ1) is 14.9. The number of carbonyl (C=O) groups excluding carboxylic acids is 2. The minimum absolute atomic E-state index is 0.159. The molecule has 0 unspecified atom stereocenters. The van der Waals surface area contributed by atoms with Crippen LogP contribution in [0.2, 0.25) is 0 Å². The van der Waals surface area contributed by atoms with Crippen LogP contribution in [0.3, 0.4) is 0 Å². The maximum Gasteiger partial charge on any atom is 0.286 e. The number of amidine groups is 1. The number of carboxylic acid groups (broad SMARTS) is 1. The minimum Gasteiger partial charge on any atom is -0.546 e. The summed E-state index contributed by atoms with van der Waals surface area (Å²) < 4.78 is 10.3. The molecule has 0 radical (unpaired) electrons. The highest BCUT2D eigenvalue weighted by molar-refractivity contribution is 8.18. The van der Waals surface area contributed by atoms with E-state index in [1.807, 2.05) is 0 Å². The number of ether oxygens (including phenoxy) is 2. The summed E-state index contributed by atoms with van der Waals surface area (Å²) in [6, 6.07) is 4.95. The summed E-state index contributed by atoms with van der Waals surface area (Å²) in [6.07, 6.45) is 1.52. The van der Waals surface area contributed by atoms with Crippen LogP contribution in [0, 0.1) is 0 Å². The topological polar surface area (TPSA) is 114 Å². The fraction of sp³-hybridized carbons (Fsp3) is 0.154. The fourth-order valence-corrected chi connectivity index (χ4v) is 2.33. The molecule has 1 heterocycles. The lowest BCUT2D eigenvalue weighted by Gasteiger charge is -2.13. The zero-order valence-corrected chi connectivity index (χ0v) is 11.8. The molecule has 0 aromatic heterocycles. The van der Waals surface area contributed by atoms with Gasteiger partial charge < -0.3 is 25.1 Å². The summed E-state index contributed by atoms with van der Waals surface area (Å²) in [7, 11) is 1.43. The SMILES string of the molecule is COc1cccc(/C=C2\SC(N)=NC2=O)c1OCC(=O)[O-]. The number of thioether (sulfide) groups is 1. The van der Waals surface area contributed by atoms with E-state index in [0.717, 1.165) is 11.8 Å². The van der Waals surface area contributed by atoms with Crippen LogP contribution in [-0.4, -0.2) is 30.8 Å². The van der Waals surface area contributed by atoms with Gasteiger partial charge in [-0.05, 0) is 23.9 Å². The lowest BCUT2D eigenvalue weighted by molar-refractivity contribution is -0.307. The van der Waals surface area contributed by atoms with E-state index in [1.54, 1.807) is 18.2 Å². The van der Waals surface area contributed by atoms with Crippen molar-refractivity contribution >= 4 is 34.9 Å². The highest BCUT2D eigenvalue weighted by atomic mass is 32.2. The van der Waals surface area contributed by atoms with Crippen molar-refractivity contribution in [2.24, 2.45) is 10.7 Å². The monoisotopic (exact) mass is 307 g/mol. The molecule has 0 saturated heterocycles. The third-order valence-electron chi connectivity index (χ3n) is 2.49. The molecule has 2 rings (SSSR count). The first-order valence-electron chi connectivity index (χ1n) is 5.79. The number of hydrogen-bond donors (Lipinski definition) is 1. The molecular formula is C13H11N2O5S-. The highest BCUT2D eigenvalue weighted by Crippen LogP contribution is 2.35. The van der Waals surface area contributed by atoms with Gasteiger partial charge >= 0.3 is 0 Å². The van der Waals surface area contributed by atoms with Crippen LogP contribution in [0.15, 0.2) is 28.1 Å². The molecule has 0 atom stereocenters. The van der Waals surface area contributed by atoms with Crippen molar-refractivity contribution in [3.8, 4) is 11.5 Å². The summed E-state index contributed by atoms with van der Waals surface area (Å²) in [5, 5.41) is 10.7. The number of carboxylic acids is 1. The van der Waals surface area contributed by atoms with Gasteiger partial charge in [0.05, 0.1) is 18.0 Å². The third kappa shape index (κ3) is 3.54. The van der Waals surface area contributed by atoms with Gasteiger partial charge in [-0.1, -0.05) is 12.1 Å². The van der Waals surface area contributed by atoms with Gasteiger partial charge in [0, 0.05) is 5.56 Å². The average molecular weight is 307 g/mol. The van der Waals surface area contributed by atoms with E-state index >= 15 is 0 Å². The Morgan fingerprint density at radius 1 is 1.52 bits per heavy atom. The average Bonchev–Trinajstić information content (AvgIpc) is 2.75. The number of benzene rings is 1. The third-order valence-corrected chi connectivity index (χ3v) is 3.30. The first-order valence-corrected chi connectivity index (χ1v) is 6.60. The van der Waals surface area contributed by atoms with Gasteiger partial charge in [-0.25, -0.2) is 0 Å². The van der Waals surface area contributed by atoms with Crippen molar-refractivity contribution in [3.05, 3.63) is 28.7 Å². The fourth-order valence-electron chi connectivity index (χ4n) is 1.66. The van der Waals surface area contributed by atoms with Gasteiger partial charge in [-0.2, -0.15) is 4.99 Å². The van der Waals surface area contributed by atoms with E-state index in [4.69, 9.17) is 15.2 Å². The molecule has 0 fully saturated rings. The van der Waals surface area contributed by atoms with Gasteiger partial charge in [0.15, 0.2) is 16.7 Å². The zero-order valence-electron chi connectivity index (χ0n) is 11.0. The second-order valence-electron chi connectivity index (χ2n) is 3.91. The lowest BCUT2D eigenvalue weighted by Crippen LogP contribution is -2.29. The van der Waals surface area contributed by atoms with Crippen LogP contribution >= 0.6 is 11.8 Å². The number of hydrogen-bond acceptors (Lipinski definition) is 7. The van der Waals surface area contributed by atoms with Crippen molar-refractivity contribution in [1.29, 1.82) is 0 Å². The predicted molar refractivity (Wildman–Crippen MR) is 75.7 cm³/mol. The van der Waals surface area contributed by atoms with Gasteiger partial charge in [0.1, 0.15) is 6.61 Å². The molecule has 21 heavy (non-hydrogen) atoms. The van der Waals surface area contributed by atoms with E-state index < -0.39 is 18.5 Å². The normalized spacial score (nSPS) is 16.0. The summed E-state index contributed by atoms with van der Waals surface area (Å²) in [4.78, 5) is 26.0. The number of carbonyl (C=O) groups is 2. The van der Waals surface area contributed by atoms with E-state index in [2.05, 4.69) is 4.99 Å². The highest BCUT2D eigenvalue weighted by Gasteiger charge is 2.20. The lowest BCUT2D eigenvalue weighted by atomic mass is 10.1. The van der Waals surface area contributed by atoms with Crippen molar-refractivity contribution in [2.75, 3.05) is 13.7 Å². The van der Waals surface area contributed by atoms with Crippen LogP contribution in [0.1, 0.15) is 5.56 Å². The number of nitrogens with zero attached hydrogens (tertiary/aromatic N) is 1. The van der Waals surface area contributed by atoms with Gasteiger partial charge in [0.2, 0.25) is 0 Å². The molecule has 0 aliphatic carbocycles.